The minimum atomic E-state index is -0.291. The van der Waals surface area contributed by atoms with Gasteiger partial charge in [0.15, 0.2) is 0 Å². The Morgan fingerprint density at radius 1 is 1.20 bits per heavy atom. The van der Waals surface area contributed by atoms with E-state index in [9.17, 15) is 4.39 Å². The van der Waals surface area contributed by atoms with Gasteiger partial charge in [-0.15, -0.1) is 0 Å². The first-order valence-corrected chi connectivity index (χ1v) is 9.27. The van der Waals surface area contributed by atoms with Crippen LogP contribution in [-0.2, 0) is 5.41 Å². The summed E-state index contributed by atoms with van der Waals surface area (Å²) in [6.45, 7) is 2.20. The largest absolute Gasteiger partial charge is 0.492 e. The molecule has 0 bridgehead atoms. The first kappa shape index (κ1) is 18.2. The maximum atomic E-state index is 13.8. The highest BCUT2D eigenvalue weighted by atomic mass is 35.5. The minimum Gasteiger partial charge on any atom is -0.492 e. The lowest BCUT2D eigenvalue weighted by Crippen LogP contribution is -2.38. The number of benzene rings is 2. The molecule has 0 saturated heterocycles. The molecule has 3 rings (SSSR count). The molecule has 0 aromatic heterocycles. The van der Waals surface area contributed by atoms with E-state index in [1.807, 2.05) is 6.07 Å². The third-order valence-corrected chi connectivity index (χ3v) is 5.72. The van der Waals surface area contributed by atoms with Gasteiger partial charge in [0.2, 0.25) is 0 Å². The van der Waals surface area contributed by atoms with Gasteiger partial charge in [-0.2, -0.15) is 0 Å². The molecule has 0 amide bonds. The number of ether oxygens (including phenoxy) is 1. The summed E-state index contributed by atoms with van der Waals surface area (Å²) in [6, 6.07) is 13.9. The van der Waals surface area contributed by atoms with Crippen LogP contribution in [0.1, 0.15) is 43.2 Å². The lowest BCUT2D eigenvalue weighted by molar-refractivity contribution is 0.200. The number of nitrogens with two attached hydrogens (primary N) is 1. The first-order chi connectivity index (χ1) is 12.0. The summed E-state index contributed by atoms with van der Waals surface area (Å²) >= 11 is 6.19. The van der Waals surface area contributed by atoms with Gasteiger partial charge in [-0.25, -0.2) is 4.39 Å². The second kappa shape index (κ2) is 7.76. The van der Waals surface area contributed by atoms with Crippen molar-refractivity contribution in [1.29, 1.82) is 0 Å². The number of hydrogen-bond donors (Lipinski definition) is 1. The molecule has 0 aliphatic heterocycles. The van der Waals surface area contributed by atoms with Crippen molar-refractivity contribution >= 4 is 11.6 Å². The lowest BCUT2D eigenvalue weighted by Gasteiger charge is -2.40. The summed E-state index contributed by atoms with van der Waals surface area (Å²) in [6.07, 6.45) is 5.02. The van der Waals surface area contributed by atoms with Crippen molar-refractivity contribution in [2.75, 3.05) is 6.61 Å². The maximum absolute atomic E-state index is 13.8. The Kier molecular flexibility index (Phi) is 5.65. The Bertz CT molecular complexity index is 711. The van der Waals surface area contributed by atoms with Gasteiger partial charge in [0.1, 0.15) is 11.6 Å². The van der Waals surface area contributed by atoms with E-state index in [-0.39, 0.29) is 11.2 Å². The van der Waals surface area contributed by atoms with Crippen molar-refractivity contribution in [3.05, 3.63) is 64.4 Å². The number of rotatable bonds is 5. The second-order valence-corrected chi connectivity index (χ2v) is 7.52. The fourth-order valence-corrected chi connectivity index (χ4v) is 4.04. The van der Waals surface area contributed by atoms with Crippen molar-refractivity contribution in [3.63, 3.8) is 0 Å². The molecule has 0 unspecified atom stereocenters. The molecule has 2 N–H and O–H groups in total. The van der Waals surface area contributed by atoms with Gasteiger partial charge >= 0.3 is 0 Å². The van der Waals surface area contributed by atoms with Crippen LogP contribution in [0.5, 0.6) is 5.75 Å². The van der Waals surface area contributed by atoms with Crippen LogP contribution in [-0.4, -0.2) is 12.6 Å². The van der Waals surface area contributed by atoms with Crippen LogP contribution < -0.4 is 10.5 Å². The molecule has 2 nitrogen and oxygen atoms in total. The zero-order valence-corrected chi connectivity index (χ0v) is 15.4. The molecular weight excluding hydrogens is 337 g/mol. The van der Waals surface area contributed by atoms with Crippen LogP contribution in [0.25, 0.3) is 0 Å². The van der Waals surface area contributed by atoms with Crippen LogP contribution in [0.2, 0.25) is 5.02 Å². The topological polar surface area (TPSA) is 35.2 Å². The molecule has 0 atom stereocenters. The first-order valence-electron chi connectivity index (χ1n) is 8.90. The molecule has 2 aromatic carbocycles. The average molecular weight is 362 g/mol. The molecule has 0 heterocycles. The lowest BCUT2D eigenvalue weighted by atomic mass is 9.66. The van der Waals surface area contributed by atoms with Crippen LogP contribution in [0.4, 0.5) is 4.39 Å². The average Bonchev–Trinajstić information content (AvgIpc) is 2.62. The highest BCUT2D eigenvalue weighted by molar-refractivity contribution is 6.32. The molecule has 134 valence electrons. The monoisotopic (exact) mass is 361 g/mol. The van der Waals surface area contributed by atoms with E-state index in [1.54, 1.807) is 13.0 Å². The van der Waals surface area contributed by atoms with Gasteiger partial charge in [-0.1, -0.05) is 41.9 Å². The van der Waals surface area contributed by atoms with Gasteiger partial charge < -0.3 is 10.5 Å². The van der Waals surface area contributed by atoms with E-state index in [2.05, 4.69) is 24.3 Å². The normalized spacial score (nSPS) is 23.4. The number of halogens is 2. The summed E-state index contributed by atoms with van der Waals surface area (Å²) in [7, 11) is 0. The molecule has 25 heavy (non-hydrogen) atoms. The Labute approximate surface area is 154 Å². The molecule has 1 saturated carbocycles. The molecule has 1 aliphatic rings. The summed E-state index contributed by atoms with van der Waals surface area (Å²) in [5.41, 5.74) is 8.06. The van der Waals surface area contributed by atoms with Gasteiger partial charge in [0, 0.05) is 12.1 Å². The Morgan fingerprint density at radius 3 is 2.56 bits per heavy atom. The van der Waals surface area contributed by atoms with Crippen molar-refractivity contribution in [1.82, 2.24) is 0 Å². The van der Waals surface area contributed by atoms with Crippen molar-refractivity contribution in [3.8, 4) is 5.75 Å². The number of aryl methyl sites for hydroxylation is 1. The van der Waals surface area contributed by atoms with Crippen molar-refractivity contribution in [2.24, 2.45) is 5.73 Å². The molecule has 0 spiro atoms. The standard InChI is InChI=1S/C21H25ClFNO/c1-15-13-18(22)20(14-19(15)23)25-12-11-21(9-7-17(24)8-10-21)16-5-3-2-4-6-16/h2-6,13-14,17H,7-12,24H2,1H3. The summed E-state index contributed by atoms with van der Waals surface area (Å²) in [5, 5.41) is 0.457. The van der Waals surface area contributed by atoms with Crippen LogP contribution in [0, 0.1) is 12.7 Å². The predicted octanol–water partition coefficient (Wildman–Crippen LogP) is 5.40. The van der Waals surface area contributed by atoms with Crippen molar-refractivity contribution in [2.45, 2.75) is 50.5 Å². The maximum Gasteiger partial charge on any atom is 0.140 e. The zero-order valence-electron chi connectivity index (χ0n) is 14.6. The van der Waals surface area contributed by atoms with Crippen LogP contribution in [0.15, 0.2) is 42.5 Å². The summed E-state index contributed by atoms with van der Waals surface area (Å²) in [5.74, 6) is 0.126. The summed E-state index contributed by atoms with van der Waals surface area (Å²) < 4.78 is 19.6. The van der Waals surface area contributed by atoms with Gasteiger partial charge in [-0.3, -0.25) is 0 Å². The quantitative estimate of drug-likeness (QED) is 0.774. The summed E-state index contributed by atoms with van der Waals surface area (Å²) in [4.78, 5) is 0. The third kappa shape index (κ3) is 4.16. The van der Waals surface area contributed by atoms with Crippen molar-refractivity contribution < 1.29 is 9.13 Å². The Hall–Kier alpha value is -1.58. The number of hydrogen-bond acceptors (Lipinski definition) is 2. The fourth-order valence-electron chi connectivity index (χ4n) is 3.76. The van der Waals surface area contributed by atoms with E-state index in [4.69, 9.17) is 22.1 Å². The molecule has 0 radical (unpaired) electrons. The SMILES string of the molecule is Cc1cc(Cl)c(OCCC2(c3ccccc3)CCC(N)CC2)cc1F. The second-order valence-electron chi connectivity index (χ2n) is 7.11. The highest BCUT2D eigenvalue weighted by Gasteiger charge is 2.35. The molecule has 2 aromatic rings. The van der Waals surface area contributed by atoms with E-state index in [0.717, 1.165) is 32.1 Å². The Balaban J connectivity index is 1.73. The zero-order chi connectivity index (χ0) is 17.9. The minimum absolute atomic E-state index is 0.0762. The van der Waals surface area contributed by atoms with Crippen LogP contribution >= 0.6 is 11.6 Å². The van der Waals surface area contributed by atoms with Gasteiger partial charge in [0.05, 0.1) is 11.6 Å². The smallest absolute Gasteiger partial charge is 0.140 e. The van der Waals surface area contributed by atoms with E-state index >= 15 is 0 Å². The van der Waals surface area contributed by atoms with E-state index in [0.29, 0.717) is 29.0 Å². The van der Waals surface area contributed by atoms with Gasteiger partial charge in [0.25, 0.3) is 0 Å². The fraction of sp³-hybridized carbons (Fsp3) is 0.429. The molecule has 1 fully saturated rings. The third-order valence-electron chi connectivity index (χ3n) is 5.42. The highest BCUT2D eigenvalue weighted by Crippen LogP contribution is 2.42. The van der Waals surface area contributed by atoms with Gasteiger partial charge in [-0.05, 0) is 61.6 Å². The predicted molar refractivity (Wildman–Crippen MR) is 101 cm³/mol. The molecule has 1 aliphatic carbocycles. The Morgan fingerprint density at radius 2 is 1.88 bits per heavy atom. The van der Waals surface area contributed by atoms with E-state index < -0.39 is 0 Å². The molecule has 4 heteroatoms. The molecular formula is C21H25ClFNO. The van der Waals surface area contributed by atoms with E-state index in [1.165, 1.54) is 11.6 Å². The van der Waals surface area contributed by atoms with Crippen LogP contribution in [0.3, 0.4) is 0 Å².